The van der Waals surface area contributed by atoms with Gasteiger partial charge in [0.2, 0.25) is 0 Å². The average molecular weight is 390 g/mol. The summed E-state index contributed by atoms with van der Waals surface area (Å²) >= 11 is 0. The zero-order valence-corrected chi connectivity index (χ0v) is 17.4. The van der Waals surface area contributed by atoms with Crippen LogP contribution in [0.15, 0.2) is 24.3 Å². The Morgan fingerprint density at radius 2 is 1.54 bits per heavy atom. The quantitative estimate of drug-likeness (QED) is 0.614. The van der Waals surface area contributed by atoms with Crippen LogP contribution in [-0.4, -0.2) is 40.6 Å². The molecule has 1 aromatic carbocycles. The largest absolute Gasteiger partial charge is 0.463 e. The van der Waals surface area contributed by atoms with Crippen LogP contribution in [0.3, 0.4) is 0 Å². The van der Waals surface area contributed by atoms with Crippen molar-refractivity contribution in [2.24, 2.45) is 11.8 Å². The molecular formula is C22H30O6. The Balaban J connectivity index is 2.59. The molecule has 0 aliphatic heterocycles. The molecule has 2 rings (SSSR count). The number of benzene rings is 1. The van der Waals surface area contributed by atoms with Crippen molar-refractivity contribution in [1.82, 2.24) is 0 Å². The van der Waals surface area contributed by atoms with Gasteiger partial charge in [-0.2, -0.15) is 0 Å². The van der Waals surface area contributed by atoms with Crippen molar-refractivity contribution in [2.45, 2.75) is 71.7 Å². The number of ketones is 1. The Labute approximate surface area is 166 Å². The summed E-state index contributed by atoms with van der Waals surface area (Å²) in [4.78, 5) is 38.6. The molecule has 0 aromatic heterocycles. The second kappa shape index (κ2) is 8.43. The number of rotatable bonds is 5. The standard InChI is InChI=1S/C22H30O6/c1-12(2)27-20(24)18-16(23)11-22(6,26)19(21(25)28-13(3)4)17(18)15-9-7-14(5)8-10-15/h7-10,12-13,17-19,26H,11H2,1-6H3/t17-,18-,19-,22+/m1/s1. The Bertz CT molecular complexity index is 724. The maximum Gasteiger partial charge on any atom is 0.317 e. The zero-order chi connectivity index (χ0) is 21.2. The van der Waals surface area contributed by atoms with Crippen molar-refractivity contribution in [3.63, 3.8) is 0 Å². The number of hydrogen-bond donors (Lipinski definition) is 1. The molecule has 6 nitrogen and oxygen atoms in total. The van der Waals surface area contributed by atoms with Crippen molar-refractivity contribution in [1.29, 1.82) is 0 Å². The van der Waals surface area contributed by atoms with E-state index in [1.54, 1.807) is 39.8 Å². The van der Waals surface area contributed by atoms with Gasteiger partial charge in [-0.1, -0.05) is 29.8 Å². The highest BCUT2D eigenvalue weighted by Gasteiger charge is 2.57. The Hall–Kier alpha value is -2.21. The van der Waals surface area contributed by atoms with Crippen molar-refractivity contribution >= 4 is 17.7 Å². The molecule has 0 spiro atoms. The van der Waals surface area contributed by atoms with Crippen LogP contribution in [-0.2, 0) is 23.9 Å². The highest BCUT2D eigenvalue weighted by Crippen LogP contribution is 2.47. The fraction of sp³-hybridized carbons (Fsp3) is 0.591. The van der Waals surface area contributed by atoms with Gasteiger partial charge in [-0.05, 0) is 47.1 Å². The first-order valence-electron chi connectivity index (χ1n) is 9.66. The third-order valence-electron chi connectivity index (χ3n) is 4.94. The Kier molecular flexibility index (Phi) is 6.65. The van der Waals surface area contributed by atoms with E-state index in [0.29, 0.717) is 5.56 Å². The van der Waals surface area contributed by atoms with E-state index in [1.807, 2.05) is 19.1 Å². The number of aliphatic hydroxyl groups is 1. The summed E-state index contributed by atoms with van der Waals surface area (Å²) in [6, 6.07) is 7.25. The molecule has 1 N–H and O–H groups in total. The minimum atomic E-state index is -1.63. The molecule has 0 bridgehead atoms. The third-order valence-corrected chi connectivity index (χ3v) is 4.94. The van der Waals surface area contributed by atoms with Crippen LogP contribution in [0, 0.1) is 18.8 Å². The van der Waals surface area contributed by atoms with Gasteiger partial charge >= 0.3 is 11.9 Å². The van der Waals surface area contributed by atoms with E-state index in [0.717, 1.165) is 5.56 Å². The predicted molar refractivity (Wildman–Crippen MR) is 104 cm³/mol. The van der Waals surface area contributed by atoms with Gasteiger partial charge in [0.05, 0.1) is 23.7 Å². The van der Waals surface area contributed by atoms with Crippen LogP contribution >= 0.6 is 0 Å². The number of hydrogen-bond acceptors (Lipinski definition) is 6. The van der Waals surface area contributed by atoms with E-state index in [-0.39, 0.29) is 12.5 Å². The zero-order valence-electron chi connectivity index (χ0n) is 17.4. The molecule has 0 heterocycles. The summed E-state index contributed by atoms with van der Waals surface area (Å²) in [5, 5.41) is 11.0. The molecule has 6 heteroatoms. The smallest absolute Gasteiger partial charge is 0.317 e. The number of Topliss-reactive ketones (excluding diaryl/α,β-unsaturated/α-hetero) is 1. The minimum Gasteiger partial charge on any atom is -0.463 e. The van der Waals surface area contributed by atoms with Crippen LogP contribution in [0.1, 0.15) is 58.1 Å². The van der Waals surface area contributed by atoms with E-state index in [2.05, 4.69) is 0 Å². The average Bonchev–Trinajstić information content (AvgIpc) is 2.52. The van der Waals surface area contributed by atoms with Crippen molar-refractivity contribution in [3.8, 4) is 0 Å². The number of carbonyl (C=O) groups is 3. The molecule has 0 saturated heterocycles. The monoisotopic (exact) mass is 390 g/mol. The molecule has 154 valence electrons. The maximum atomic E-state index is 12.9. The SMILES string of the molecule is Cc1ccc([C@@H]2[C@H](C(=O)OC(C)C)C(=O)C[C@](C)(O)[C@H]2C(=O)OC(C)C)cc1. The fourth-order valence-corrected chi connectivity index (χ4v) is 3.82. The van der Waals surface area contributed by atoms with E-state index in [1.165, 1.54) is 6.92 Å². The highest BCUT2D eigenvalue weighted by molar-refractivity contribution is 6.02. The Morgan fingerprint density at radius 1 is 1.04 bits per heavy atom. The number of carbonyl (C=O) groups excluding carboxylic acids is 3. The summed E-state index contributed by atoms with van der Waals surface area (Å²) in [6.45, 7) is 10.2. The van der Waals surface area contributed by atoms with E-state index >= 15 is 0 Å². The molecule has 1 aliphatic carbocycles. The lowest BCUT2D eigenvalue weighted by Gasteiger charge is -2.44. The first kappa shape index (κ1) is 22.1. The van der Waals surface area contributed by atoms with Crippen LogP contribution in [0.4, 0.5) is 0 Å². The van der Waals surface area contributed by atoms with E-state index in [9.17, 15) is 19.5 Å². The lowest BCUT2D eigenvalue weighted by Crippen LogP contribution is -2.55. The summed E-state index contributed by atoms with van der Waals surface area (Å²) in [7, 11) is 0. The van der Waals surface area contributed by atoms with Crippen LogP contribution in [0.25, 0.3) is 0 Å². The van der Waals surface area contributed by atoms with Gasteiger partial charge in [0, 0.05) is 12.3 Å². The molecule has 4 atom stereocenters. The fourth-order valence-electron chi connectivity index (χ4n) is 3.82. The van der Waals surface area contributed by atoms with Crippen molar-refractivity contribution in [2.75, 3.05) is 0 Å². The summed E-state index contributed by atoms with van der Waals surface area (Å²) in [5.41, 5.74) is -0.0108. The van der Waals surface area contributed by atoms with Crippen molar-refractivity contribution < 1.29 is 29.0 Å². The predicted octanol–water partition coefficient (Wildman–Crippen LogP) is 2.94. The molecule has 1 aliphatic rings. The number of esters is 2. The van der Waals surface area contributed by atoms with Gasteiger partial charge in [-0.25, -0.2) is 0 Å². The van der Waals surface area contributed by atoms with Gasteiger partial charge in [0.15, 0.2) is 5.78 Å². The maximum absolute atomic E-state index is 12.9. The van der Waals surface area contributed by atoms with Gasteiger partial charge < -0.3 is 14.6 Å². The normalized spacial score (nSPS) is 27.8. The lowest BCUT2D eigenvalue weighted by atomic mass is 9.61. The number of ether oxygens (including phenoxy) is 2. The molecule has 0 unspecified atom stereocenters. The van der Waals surface area contributed by atoms with E-state index in [4.69, 9.17) is 9.47 Å². The summed E-state index contributed by atoms with van der Waals surface area (Å²) < 4.78 is 10.7. The molecule has 28 heavy (non-hydrogen) atoms. The second-order valence-electron chi connectivity index (χ2n) is 8.36. The van der Waals surface area contributed by atoms with Gasteiger partial charge in [-0.15, -0.1) is 0 Å². The topological polar surface area (TPSA) is 89.9 Å². The number of aryl methyl sites for hydroxylation is 1. The first-order chi connectivity index (χ1) is 12.9. The summed E-state index contributed by atoms with van der Waals surface area (Å²) in [6.07, 6.45) is -1.10. The van der Waals surface area contributed by atoms with Gasteiger partial charge in [0.25, 0.3) is 0 Å². The van der Waals surface area contributed by atoms with Crippen LogP contribution < -0.4 is 0 Å². The summed E-state index contributed by atoms with van der Waals surface area (Å²) in [5.74, 6) is -4.84. The van der Waals surface area contributed by atoms with Gasteiger partial charge in [0.1, 0.15) is 5.92 Å². The van der Waals surface area contributed by atoms with E-state index < -0.39 is 47.2 Å². The molecular weight excluding hydrogens is 360 g/mol. The van der Waals surface area contributed by atoms with Gasteiger partial charge in [-0.3, -0.25) is 14.4 Å². The second-order valence-corrected chi connectivity index (χ2v) is 8.36. The molecule has 1 aromatic rings. The molecule has 0 radical (unpaired) electrons. The first-order valence-corrected chi connectivity index (χ1v) is 9.66. The molecule has 1 fully saturated rings. The molecule has 0 amide bonds. The third kappa shape index (κ3) is 4.79. The highest BCUT2D eigenvalue weighted by atomic mass is 16.5. The van der Waals surface area contributed by atoms with Crippen LogP contribution in [0.5, 0.6) is 0 Å². The minimum absolute atomic E-state index is 0.314. The van der Waals surface area contributed by atoms with Crippen molar-refractivity contribution in [3.05, 3.63) is 35.4 Å². The molecule has 1 saturated carbocycles. The lowest BCUT2D eigenvalue weighted by molar-refractivity contribution is -0.176. The van der Waals surface area contributed by atoms with Crippen LogP contribution in [0.2, 0.25) is 0 Å². The Morgan fingerprint density at radius 3 is 2.04 bits per heavy atom.